The molecule has 0 heterocycles. The van der Waals surface area contributed by atoms with Gasteiger partial charge in [-0.3, -0.25) is 0 Å². The minimum Gasteiger partial charge on any atom is -0.412 e. The zero-order valence-corrected chi connectivity index (χ0v) is 32.4. The van der Waals surface area contributed by atoms with E-state index in [2.05, 4.69) is 42.1 Å². The maximum absolute atomic E-state index is 16.0. The van der Waals surface area contributed by atoms with Gasteiger partial charge in [-0.05, 0) is 11.1 Å². The molecule has 8 aromatic rings. The van der Waals surface area contributed by atoms with Gasteiger partial charge in [0.1, 0.15) is 0 Å². The Morgan fingerprint density at radius 1 is 0.304 bits per heavy atom. The quantitative estimate of drug-likeness (QED) is 0.103. The summed E-state index contributed by atoms with van der Waals surface area (Å²) >= 11 is 0. The van der Waals surface area contributed by atoms with Crippen molar-refractivity contribution < 1.29 is 14.6 Å². The van der Waals surface area contributed by atoms with E-state index in [9.17, 15) is 0 Å². The Morgan fingerprint density at radius 3 is 0.821 bits per heavy atom. The summed E-state index contributed by atoms with van der Waals surface area (Å²) in [6.07, 6.45) is 0. The molecule has 0 fully saturated rings. The van der Waals surface area contributed by atoms with E-state index in [1.807, 2.05) is 194 Å². The van der Waals surface area contributed by atoms with Crippen LogP contribution >= 0.6 is 14.3 Å². The first-order valence-corrected chi connectivity index (χ1v) is 21.7. The Bertz CT molecular complexity index is 2430. The van der Waals surface area contributed by atoms with Crippen molar-refractivity contribution in [1.82, 2.24) is 0 Å². The molecule has 0 amide bonds. The van der Waals surface area contributed by atoms with Crippen LogP contribution in [-0.4, -0.2) is 5.48 Å². The molecule has 0 bridgehead atoms. The summed E-state index contributed by atoms with van der Waals surface area (Å²) in [5.41, 5.74) is 8.97. The second-order valence-electron chi connectivity index (χ2n) is 13.2. The number of hydrogen-bond donors (Lipinski definition) is 0. The van der Waals surface area contributed by atoms with Crippen LogP contribution in [0.25, 0.3) is 11.1 Å². The van der Waals surface area contributed by atoms with Gasteiger partial charge in [0.05, 0.1) is 0 Å². The van der Waals surface area contributed by atoms with Crippen LogP contribution in [-0.2, 0) is 9.13 Å². The number of benzene rings is 8. The molecule has 0 saturated heterocycles. The zero-order chi connectivity index (χ0) is 37.5. The Morgan fingerprint density at radius 2 is 0.536 bits per heavy atom. The van der Waals surface area contributed by atoms with Gasteiger partial charge in [-0.15, -0.1) is 5.73 Å². The molecule has 0 saturated carbocycles. The molecule has 0 aliphatic heterocycles. The molecule has 56 heavy (non-hydrogen) atoms. The molecule has 0 atom stereocenters. The van der Waals surface area contributed by atoms with E-state index in [0.717, 1.165) is 65.2 Å². The van der Waals surface area contributed by atoms with Gasteiger partial charge < -0.3 is 14.6 Å². The van der Waals surface area contributed by atoms with Crippen molar-refractivity contribution in [3.63, 3.8) is 0 Å². The highest BCUT2D eigenvalue weighted by Crippen LogP contribution is 2.47. The zero-order valence-electron chi connectivity index (χ0n) is 30.7. The van der Waals surface area contributed by atoms with Crippen LogP contribution in [0.2, 0.25) is 0 Å². The third-order valence-electron chi connectivity index (χ3n) is 9.88. The molecular formula is C51H40O3P2. The van der Waals surface area contributed by atoms with Gasteiger partial charge in [-0.1, -0.05) is 231 Å². The minimum atomic E-state index is -3.41. The number of hydrogen-bond acceptors (Lipinski definition) is 2. The minimum absolute atomic E-state index is 0. The first kappa shape index (κ1) is 38.0. The monoisotopic (exact) mass is 762 g/mol. The van der Waals surface area contributed by atoms with Crippen LogP contribution in [0, 0.1) is 0 Å². The van der Waals surface area contributed by atoms with Gasteiger partial charge in [0.25, 0.3) is 0 Å². The van der Waals surface area contributed by atoms with E-state index in [0.29, 0.717) is 0 Å². The van der Waals surface area contributed by atoms with Crippen molar-refractivity contribution in [1.29, 1.82) is 0 Å². The molecule has 0 aromatic heterocycles. The molecule has 2 N–H and O–H groups in total. The predicted molar refractivity (Wildman–Crippen MR) is 237 cm³/mol. The smallest absolute Gasteiger partial charge is 0.171 e. The lowest BCUT2D eigenvalue weighted by molar-refractivity contribution is 0.591. The molecular weight excluding hydrogens is 723 g/mol. The first-order chi connectivity index (χ1) is 27.1. The van der Waals surface area contributed by atoms with E-state index < -0.39 is 14.3 Å². The van der Waals surface area contributed by atoms with Crippen molar-refractivity contribution in [3.8, 4) is 0 Å². The Hall–Kier alpha value is -6.30. The maximum Gasteiger partial charge on any atom is 0.171 e. The standard InChI is InChI=1S/C51H38O2P2.H2O/c52-54(42-27-11-3-12-28-42,43-29-13-4-14-30-43)50-37-21-19-35-46(50)48(40-23-7-1-8-24-40)39-49(41-25-9-2-10-26-41)47-36-20-22-38-51(47)55(53,44-31-15-5-16-32-44)45-33-17-6-18-34-45;/h1-38H;1H2. The van der Waals surface area contributed by atoms with Crippen LogP contribution in [0.1, 0.15) is 22.3 Å². The fourth-order valence-electron chi connectivity index (χ4n) is 7.25. The second-order valence-corrected chi connectivity index (χ2v) is 18.7. The molecule has 3 nitrogen and oxygen atoms in total. The van der Waals surface area contributed by atoms with Gasteiger partial charge in [0.15, 0.2) is 14.3 Å². The van der Waals surface area contributed by atoms with Crippen molar-refractivity contribution in [2.75, 3.05) is 0 Å². The lowest BCUT2D eigenvalue weighted by Gasteiger charge is -2.24. The van der Waals surface area contributed by atoms with Crippen molar-refractivity contribution in [3.05, 3.63) is 259 Å². The second kappa shape index (κ2) is 17.0. The summed E-state index contributed by atoms with van der Waals surface area (Å²) in [6.45, 7) is 0. The van der Waals surface area contributed by atoms with Crippen LogP contribution in [0.4, 0.5) is 0 Å². The summed E-state index contributed by atoms with van der Waals surface area (Å²) in [5.74, 6) is 0. The SMILES string of the molecule is O.O=P(c1ccccc1)(c1ccccc1)c1ccccc1C(=C=C(c1ccccc1)c1ccccc1P(=O)(c1ccccc1)c1ccccc1)c1ccccc1. The third-order valence-corrected chi connectivity index (χ3v) is 16.1. The maximum atomic E-state index is 16.0. The normalized spacial score (nSPS) is 11.1. The van der Waals surface area contributed by atoms with Crippen LogP contribution in [0.3, 0.4) is 0 Å². The fraction of sp³-hybridized carbons (Fsp3) is 0. The Kier molecular flexibility index (Phi) is 11.5. The van der Waals surface area contributed by atoms with Gasteiger partial charge in [-0.25, -0.2) is 0 Å². The predicted octanol–water partition coefficient (Wildman–Crippen LogP) is 9.30. The van der Waals surface area contributed by atoms with Gasteiger partial charge in [-0.2, -0.15) is 0 Å². The molecule has 8 rings (SSSR count). The highest BCUT2D eigenvalue weighted by molar-refractivity contribution is 7.85. The summed E-state index contributed by atoms with van der Waals surface area (Å²) < 4.78 is 32.0. The summed E-state index contributed by atoms with van der Waals surface area (Å²) in [5, 5.41) is 4.46. The topological polar surface area (TPSA) is 65.6 Å². The largest absolute Gasteiger partial charge is 0.412 e. The van der Waals surface area contributed by atoms with Gasteiger partial charge >= 0.3 is 0 Å². The molecule has 0 unspecified atom stereocenters. The van der Waals surface area contributed by atoms with Crippen molar-refractivity contribution in [2.45, 2.75) is 0 Å². The molecule has 0 aliphatic carbocycles. The average molecular weight is 763 g/mol. The van der Waals surface area contributed by atoms with E-state index in [1.54, 1.807) is 0 Å². The molecule has 272 valence electrons. The Balaban J connectivity index is 0.00000480. The Labute approximate surface area is 329 Å². The molecule has 5 heteroatoms. The fourth-order valence-corrected chi connectivity index (χ4v) is 13.0. The van der Waals surface area contributed by atoms with E-state index in [-0.39, 0.29) is 5.48 Å². The van der Waals surface area contributed by atoms with Gasteiger partial charge in [0, 0.05) is 54.1 Å². The molecule has 0 radical (unpaired) electrons. The molecule has 0 spiro atoms. The summed E-state index contributed by atoms with van der Waals surface area (Å²) in [6, 6.07) is 75.5. The van der Waals surface area contributed by atoms with Crippen molar-refractivity contribution in [2.24, 2.45) is 0 Å². The highest BCUT2D eigenvalue weighted by atomic mass is 31.2. The summed E-state index contributed by atoms with van der Waals surface area (Å²) in [4.78, 5) is 0. The lowest BCUT2D eigenvalue weighted by Crippen LogP contribution is -2.27. The highest BCUT2D eigenvalue weighted by Gasteiger charge is 2.34. The van der Waals surface area contributed by atoms with E-state index >= 15 is 9.13 Å². The van der Waals surface area contributed by atoms with E-state index in [4.69, 9.17) is 0 Å². The van der Waals surface area contributed by atoms with Crippen LogP contribution in [0.15, 0.2) is 236 Å². The lowest BCUT2D eigenvalue weighted by atomic mass is 9.93. The number of rotatable bonds is 10. The molecule has 0 aliphatic rings. The molecule has 8 aromatic carbocycles. The third kappa shape index (κ3) is 7.26. The van der Waals surface area contributed by atoms with Crippen LogP contribution in [0.5, 0.6) is 0 Å². The van der Waals surface area contributed by atoms with Crippen molar-refractivity contribution >= 4 is 57.3 Å². The van der Waals surface area contributed by atoms with Crippen LogP contribution < -0.4 is 31.8 Å². The van der Waals surface area contributed by atoms with Gasteiger partial charge in [0.2, 0.25) is 0 Å². The average Bonchev–Trinajstić information content (AvgIpc) is 3.28. The summed E-state index contributed by atoms with van der Waals surface area (Å²) in [7, 11) is -6.81. The van der Waals surface area contributed by atoms with E-state index in [1.165, 1.54) is 0 Å². The first-order valence-electron chi connectivity index (χ1n) is 18.3.